The normalized spacial score (nSPS) is 19.8. The number of hydrogen-bond acceptors (Lipinski definition) is 2. The zero-order valence-electron chi connectivity index (χ0n) is 10.7. The lowest BCUT2D eigenvalue weighted by Gasteiger charge is -2.10. The van der Waals surface area contributed by atoms with Crippen LogP contribution in [0.3, 0.4) is 0 Å². The Balaban J connectivity index is 1.71. The van der Waals surface area contributed by atoms with Crippen LogP contribution in [-0.2, 0) is 17.5 Å². The van der Waals surface area contributed by atoms with Crippen molar-refractivity contribution in [3.05, 3.63) is 35.4 Å². The van der Waals surface area contributed by atoms with Gasteiger partial charge in [0.2, 0.25) is 0 Å². The molecule has 0 aliphatic carbocycles. The third kappa shape index (κ3) is 4.51. The average Bonchev–Trinajstić information content (AvgIpc) is 2.87. The molecule has 0 bridgehead atoms. The summed E-state index contributed by atoms with van der Waals surface area (Å²) in [6.07, 6.45) is -2.09. The molecule has 1 unspecified atom stereocenters. The van der Waals surface area contributed by atoms with Crippen LogP contribution in [0.4, 0.5) is 13.2 Å². The van der Waals surface area contributed by atoms with E-state index in [1.807, 2.05) is 0 Å². The Morgan fingerprint density at radius 3 is 2.53 bits per heavy atom. The van der Waals surface area contributed by atoms with Crippen LogP contribution < -0.4 is 5.32 Å². The van der Waals surface area contributed by atoms with Crippen molar-refractivity contribution in [3.63, 3.8) is 0 Å². The van der Waals surface area contributed by atoms with Crippen molar-refractivity contribution in [2.75, 3.05) is 19.8 Å². The molecule has 1 aliphatic heterocycles. The summed E-state index contributed by atoms with van der Waals surface area (Å²) in [5.74, 6) is 0.625. The van der Waals surface area contributed by atoms with Crippen LogP contribution in [0.5, 0.6) is 0 Å². The number of benzene rings is 1. The average molecular weight is 273 g/mol. The highest BCUT2D eigenvalue weighted by molar-refractivity contribution is 5.24. The molecule has 1 N–H and O–H groups in total. The Hall–Kier alpha value is -1.07. The van der Waals surface area contributed by atoms with Gasteiger partial charge in [-0.15, -0.1) is 0 Å². The van der Waals surface area contributed by atoms with Gasteiger partial charge >= 0.3 is 6.18 Å². The number of nitrogens with one attached hydrogen (secondary N) is 1. The molecule has 0 saturated carbocycles. The van der Waals surface area contributed by atoms with Gasteiger partial charge in [0.15, 0.2) is 0 Å². The van der Waals surface area contributed by atoms with E-state index < -0.39 is 11.7 Å². The molecule has 2 nitrogen and oxygen atoms in total. The molecule has 19 heavy (non-hydrogen) atoms. The topological polar surface area (TPSA) is 21.3 Å². The monoisotopic (exact) mass is 273 g/mol. The third-order valence-electron chi connectivity index (χ3n) is 3.36. The molecule has 1 atom stereocenters. The van der Waals surface area contributed by atoms with E-state index in [0.29, 0.717) is 12.5 Å². The fourth-order valence-electron chi connectivity index (χ4n) is 2.16. The summed E-state index contributed by atoms with van der Waals surface area (Å²) in [5.41, 5.74) is 0.273. The molecule has 5 heteroatoms. The SMILES string of the molecule is FC(F)(F)c1ccc(CNCCC2CCOC2)cc1. The van der Waals surface area contributed by atoms with Crippen molar-refractivity contribution in [2.45, 2.75) is 25.6 Å². The molecule has 1 saturated heterocycles. The maximum atomic E-state index is 12.4. The Bertz CT molecular complexity index is 383. The summed E-state index contributed by atoms with van der Waals surface area (Å²) < 4.78 is 42.4. The Kier molecular flexibility index (Phi) is 4.82. The maximum absolute atomic E-state index is 12.4. The number of rotatable bonds is 5. The largest absolute Gasteiger partial charge is 0.416 e. The molecule has 1 aromatic rings. The number of hydrogen-bond donors (Lipinski definition) is 1. The van der Waals surface area contributed by atoms with Gasteiger partial charge in [-0.3, -0.25) is 0 Å². The first-order valence-electron chi connectivity index (χ1n) is 6.50. The maximum Gasteiger partial charge on any atom is 0.416 e. The van der Waals surface area contributed by atoms with Gasteiger partial charge in [-0.2, -0.15) is 13.2 Å². The third-order valence-corrected chi connectivity index (χ3v) is 3.36. The molecule has 0 radical (unpaired) electrons. The van der Waals surface area contributed by atoms with Crippen LogP contribution in [0.25, 0.3) is 0 Å². The van der Waals surface area contributed by atoms with Gasteiger partial charge in [0.25, 0.3) is 0 Å². The molecule has 0 aromatic heterocycles. The van der Waals surface area contributed by atoms with Crippen LogP contribution in [0.15, 0.2) is 24.3 Å². The van der Waals surface area contributed by atoms with Crippen LogP contribution in [0, 0.1) is 5.92 Å². The van der Waals surface area contributed by atoms with Crippen LogP contribution >= 0.6 is 0 Å². The smallest absolute Gasteiger partial charge is 0.381 e. The van der Waals surface area contributed by atoms with E-state index in [-0.39, 0.29) is 0 Å². The van der Waals surface area contributed by atoms with Crippen molar-refractivity contribution < 1.29 is 17.9 Å². The minimum atomic E-state index is -4.26. The predicted molar refractivity (Wildman–Crippen MR) is 66.7 cm³/mol. The van der Waals surface area contributed by atoms with Gasteiger partial charge in [0.05, 0.1) is 5.56 Å². The zero-order chi connectivity index (χ0) is 13.7. The van der Waals surface area contributed by atoms with Gasteiger partial charge < -0.3 is 10.1 Å². The second-order valence-electron chi connectivity index (χ2n) is 4.89. The van der Waals surface area contributed by atoms with Crippen molar-refractivity contribution >= 4 is 0 Å². The lowest BCUT2D eigenvalue weighted by atomic mass is 10.1. The van der Waals surface area contributed by atoms with Crippen molar-refractivity contribution in [2.24, 2.45) is 5.92 Å². The van der Waals surface area contributed by atoms with E-state index >= 15 is 0 Å². The number of alkyl halides is 3. The standard InChI is InChI=1S/C14H18F3NO/c15-14(16,17)13-3-1-11(2-4-13)9-18-7-5-12-6-8-19-10-12/h1-4,12,18H,5-10H2. The molecule has 1 heterocycles. The lowest BCUT2D eigenvalue weighted by molar-refractivity contribution is -0.137. The Morgan fingerprint density at radius 1 is 1.21 bits per heavy atom. The van der Waals surface area contributed by atoms with Gasteiger partial charge in [-0.1, -0.05) is 12.1 Å². The quantitative estimate of drug-likeness (QED) is 0.832. The van der Waals surface area contributed by atoms with Gasteiger partial charge in [-0.25, -0.2) is 0 Å². The first kappa shape index (κ1) is 14.3. The predicted octanol–water partition coefficient (Wildman–Crippen LogP) is 3.22. The molecular weight excluding hydrogens is 255 g/mol. The van der Waals surface area contributed by atoms with E-state index in [9.17, 15) is 13.2 Å². The lowest BCUT2D eigenvalue weighted by Crippen LogP contribution is -2.18. The summed E-state index contributed by atoms with van der Waals surface area (Å²) >= 11 is 0. The molecule has 106 valence electrons. The molecule has 1 aliphatic rings. The second kappa shape index (κ2) is 6.39. The van der Waals surface area contributed by atoms with E-state index in [2.05, 4.69) is 5.32 Å². The molecule has 1 aromatic carbocycles. The van der Waals surface area contributed by atoms with E-state index in [1.165, 1.54) is 12.1 Å². The fraction of sp³-hybridized carbons (Fsp3) is 0.571. The minimum Gasteiger partial charge on any atom is -0.381 e. The van der Waals surface area contributed by atoms with E-state index in [1.54, 1.807) is 0 Å². The Morgan fingerprint density at radius 2 is 1.95 bits per heavy atom. The number of halogens is 3. The summed E-state index contributed by atoms with van der Waals surface area (Å²) in [7, 11) is 0. The summed E-state index contributed by atoms with van der Waals surface area (Å²) in [6.45, 7) is 3.16. The molecule has 1 fully saturated rings. The molecular formula is C14H18F3NO. The summed E-state index contributed by atoms with van der Waals surface area (Å²) in [5, 5.41) is 3.25. The second-order valence-corrected chi connectivity index (χ2v) is 4.89. The Labute approximate surface area is 111 Å². The highest BCUT2D eigenvalue weighted by Gasteiger charge is 2.29. The van der Waals surface area contributed by atoms with Crippen molar-refractivity contribution in [1.82, 2.24) is 5.32 Å². The van der Waals surface area contributed by atoms with E-state index in [4.69, 9.17) is 4.74 Å². The first-order valence-corrected chi connectivity index (χ1v) is 6.50. The van der Waals surface area contributed by atoms with Crippen molar-refractivity contribution in [1.29, 1.82) is 0 Å². The summed E-state index contributed by atoms with van der Waals surface area (Å²) in [6, 6.07) is 5.30. The molecule has 0 amide bonds. The molecule has 2 rings (SSSR count). The fourth-order valence-corrected chi connectivity index (χ4v) is 2.16. The highest BCUT2D eigenvalue weighted by atomic mass is 19.4. The van der Waals surface area contributed by atoms with E-state index in [0.717, 1.165) is 50.3 Å². The number of ether oxygens (including phenoxy) is 1. The van der Waals surface area contributed by atoms with Gasteiger partial charge in [-0.05, 0) is 43.0 Å². The van der Waals surface area contributed by atoms with Gasteiger partial charge in [0.1, 0.15) is 0 Å². The van der Waals surface area contributed by atoms with Crippen LogP contribution in [0.2, 0.25) is 0 Å². The summed E-state index contributed by atoms with van der Waals surface area (Å²) in [4.78, 5) is 0. The minimum absolute atomic E-state index is 0.598. The van der Waals surface area contributed by atoms with Crippen LogP contribution in [0.1, 0.15) is 24.0 Å². The molecule has 0 spiro atoms. The zero-order valence-corrected chi connectivity index (χ0v) is 10.7. The van der Waals surface area contributed by atoms with Gasteiger partial charge in [0, 0.05) is 19.8 Å². The first-order chi connectivity index (χ1) is 9.05. The van der Waals surface area contributed by atoms with Crippen molar-refractivity contribution in [3.8, 4) is 0 Å². The van der Waals surface area contributed by atoms with Crippen LogP contribution in [-0.4, -0.2) is 19.8 Å². The highest BCUT2D eigenvalue weighted by Crippen LogP contribution is 2.29.